The van der Waals surface area contributed by atoms with Gasteiger partial charge >= 0.3 is 0 Å². The van der Waals surface area contributed by atoms with Crippen LogP contribution in [-0.2, 0) is 19.6 Å². The SMILES string of the molecule is CN(C)c1ncnc2c1cc(C(=O)NC(C)(C)c1cn(C)nn1)n2C. The fourth-order valence-electron chi connectivity index (χ4n) is 2.74. The number of carbonyl (C=O) groups excluding carboxylic acids is 1. The van der Waals surface area contributed by atoms with Crippen LogP contribution in [0.15, 0.2) is 18.6 Å². The van der Waals surface area contributed by atoms with E-state index in [9.17, 15) is 4.79 Å². The van der Waals surface area contributed by atoms with Gasteiger partial charge in [-0.2, -0.15) is 0 Å². The number of rotatable bonds is 4. The van der Waals surface area contributed by atoms with Crippen molar-refractivity contribution in [3.63, 3.8) is 0 Å². The van der Waals surface area contributed by atoms with Crippen LogP contribution in [0, 0.1) is 0 Å². The van der Waals surface area contributed by atoms with Gasteiger partial charge in [0, 0.05) is 28.2 Å². The van der Waals surface area contributed by atoms with E-state index in [1.165, 1.54) is 6.33 Å². The molecule has 0 radical (unpaired) electrons. The lowest BCUT2D eigenvalue weighted by atomic mass is 10.0. The molecule has 0 aliphatic heterocycles. The number of aromatic nitrogens is 6. The zero-order chi connectivity index (χ0) is 18.4. The molecule has 0 spiro atoms. The molecule has 1 amide bonds. The van der Waals surface area contributed by atoms with Gasteiger partial charge in [0.05, 0.1) is 17.1 Å². The quantitative estimate of drug-likeness (QED) is 0.755. The predicted octanol–water partition coefficient (Wildman–Crippen LogP) is 0.828. The summed E-state index contributed by atoms with van der Waals surface area (Å²) < 4.78 is 3.38. The third-order valence-corrected chi connectivity index (χ3v) is 4.13. The van der Waals surface area contributed by atoms with Crippen molar-refractivity contribution < 1.29 is 4.79 Å². The lowest BCUT2D eigenvalue weighted by Gasteiger charge is -2.23. The molecule has 3 aromatic rings. The average molecular weight is 342 g/mol. The summed E-state index contributed by atoms with van der Waals surface area (Å²) in [6.45, 7) is 3.78. The van der Waals surface area contributed by atoms with Gasteiger partial charge in [-0.15, -0.1) is 5.10 Å². The minimum absolute atomic E-state index is 0.208. The molecular formula is C16H22N8O. The number of nitrogens with zero attached hydrogens (tertiary/aromatic N) is 7. The van der Waals surface area contributed by atoms with Crippen LogP contribution >= 0.6 is 0 Å². The number of hydrogen-bond acceptors (Lipinski definition) is 6. The average Bonchev–Trinajstić information content (AvgIpc) is 3.11. The van der Waals surface area contributed by atoms with E-state index < -0.39 is 5.54 Å². The molecule has 0 aliphatic rings. The minimum atomic E-state index is -0.655. The van der Waals surface area contributed by atoms with E-state index in [2.05, 4.69) is 25.6 Å². The maximum absolute atomic E-state index is 12.9. The van der Waals surface area contributed by atoms with Crippen molar-refractivity contribution in [3.05, 3.63) is 30.0 Å². The molecule has 0 aromatic carbocycles. The van der Waals surface area contributed by atoms with Gasteiger partial charge in [0.2, 0.25) is 0 Å². The molecule has 0 saturated carbocycles. The summed E-state index contributed by atoms with van der Waals surface area (Å²) in [6.07, 6.45) is 3.29. The number of nitrogens with one attached hydrogen (secondary N) is 1. The van der Waals surface area contributed by atoms with Gasteiger partial charge in [0.1, 0.15) is 29.2 Å². The largest absolute Gasteiger partial charge is 0.362 e. The van der Waals surface area contributed by atoms with Crippen LogP contribution in [0.25, 0.3) is 11.0 Å². The molecule has 0 unspecified atom stereocenters. The van der Waals surface area contributed by atoms with E-state index >= 15 is 0 Å². The Balaban J connectivity index is 1.97. The fraction of sp³-hybridized carbons (Fsp3) is 0.438. The van der Waals surface area contributed by atoms with Crippen LogP contribution in [0.4, 0.5) is 5.82 Å². The van der Waals surface area contributed by atoms with Crippen molar-refractivity contribution in [3.8, 4) is 0 Å². The smallest absolute Gasteiger partial charge is 0.268 e. The Kier molecular flexibility index (Phi) is 3.94. The number of fused-ring (bicyclic) bond motifs is 1. The summed E-state index contributed by atoms with van der Waals surface area (Å²) in [4.78, 5) is 23.4. The molecule has 25 heavy (non-hydrogen) atoms. The predicted molar refractivity (Wildman–Crippen MR) is 94.3 cm³/mol. The molecule has 3 aromatic heterocycles. The molecule has 9 heteroatoms. The first kappa shape index (κ1) is 16.9. The van der Waals surface area contributed by atoms with E-state index in [4.69, 9.17) is 0 Å². The second kappa shape index (κ2) is 5.83. The molecule has 0 aliphatic carbocycles. The second-order valence-electron chi connectivity index (χ2n) is 6.77. The lowest BCUT2D eigenvalue weighted by molar-refractivity contribution is 0.0902. The molecule has 9 nitrogen and oxygen atoms in total. The molecule has 1 N–H and O–H groups in total. The van der Waals surface area contributed by atoms with Crippen LogP contribution in [0.1, 0.15) is 30.0 Å². The van der Waals surface area contributed by atoms with Crippen LogP contribution in [0.3, 0.4) is 0 Å². The summed E-state index contributed by atoms with van der Waals surface area (Å²) in [5.74, 6) is 0.564. The number of anilines is 1. The molecule has 0 bridgehead atoms. The Morgan fingerprint density at radius 1 is 1.24 bits per heavy atom. The van der Waals surface area contributed by atoms with Crippen LogP contribution in [0.2, 0.25) is 0 Å². The Labute approximate surface area is 145 Å². The molecule has 132 valence electrons. The highest BCUT2D eigenvalue weighted by atomic mass is 16.2. The minimum Gasteiger partial charge on any atom is -0.362 e. The van der Waals surface area contributed by atoms with Crippen molar-refractivity contribution >= 4 is 22.8 Å². The van der Waals surface area contributed by atoms with Crippen LogP contribution in [-0.4, -0.2) is 49.5 Å². The summed E-state index contributed by atoms with van der Waals surface area (Å²) in [7, 11) is 7.43. The Morgan fingerprint density at radius 2 is 1.96 bits per heavy atom. The summed E-state index contributed by atoms with van der Waals surface area (Å²) >= 11 is 0. The van der Waals surface area contributed by atoms with Crippen molar-refractivity contribution in [1.82, 2.24) is 34.8 Å². The topological polar surface area (TPSA) is 93.8 Å². The molecule has 0 fully saturated rings. The van der Waals surface area contributed by atoms with Crippen molar-refractivity contribution in [2.75, 3.05) is 19.0 Å². The molecule has 3 rings (SSSR count). The maximum atomic E-state index is 12.9. The molecule has 0 atom stereocenters. The van der Waals surface area contributed by atoms with Gasteiger partial charge in [-0.1, -0.05) is 5.21 Å². The van der Waals surface area contributed by atoms with Crippen LogP contribution < -0.4 is 10.2 Å². The standard InChI is InChI=1S/C16H22N8O/c1-16(2,12-8-23(5)21-20-12)19-15(25)11-7-10-13(22(3)4)17-9-18-14(10)24(11)6/h7-9H,1-6H3,(H,19,25). The van der Waals surface area contributed by atoms with E-state index in [0.717, 1.165) is 11.2 Å². The monoisotopic (exact) mass is 342 g/mol. The fourth-order valence-corrected chi connectivity index (χ4v) is 2.74. The Bertz CT molecular complexity index is 937. The Hall–Kier alpha value is -2.97. The third-order valence-electron chi connectivity index (χ3n) is 4.13. The van der Waals surface area contributed by atoms with E-state index in [1.54, 1.807) is 22.5 Å². The molecule has 3 heterocycles. The number of hydrogen-bond donors (Lipinski definition) is 1. The van der Waals surface area contributed by atoms with E-state index in [-0.39, 0.29) is 5.91 Å². The van der Waals surface area contributed by atoms with Crippen molar-refractivity contribution in [2.24, 2.45) is 14.1 Å². The third kappa shape index (κ3) is 2.92. The molecular weight excluding hydrogens is 320 g/mol. The maximum Gasteiger partial charge on any atom is 0.268 e. The highest BCUT2D eigenvalue weighted by Gasteiger charge is 2.28. The van der Waals surface area contributed by atoms with Gasteiger partial charge in [-0.3, -0.25) is 9.48 Å². The van der Waals surface area contributed by atoms with Gasteiger partial charge in [0.15, 0.2) is 0 Å². The summed E-state index contributed by atoms with van der Waals surface area (Å²) in [6, 6.07) is 1.81. The first-order chi connectivity index (χ1) is 11.7. The van der Waals surface area contributed by atoms with Gasteiger partial charge in [-0.05, 0) is 19.9 Å². The number of aryl methyl sites for hydroxylation is 2. The first-order valence-electron chi connectivity index (χ1n) is 7.88. The van der Waals surface area contributed by atoms with E-state index in [1.807, 2.05) is 46.0 Å². The first-order valence-corrected chi connectivity index (χ1v) is 7.88. The van der Waals surface area contributed by atoms with Gasteiger partial charge in [-0.25, -0.2) is 9.97 Å². The summed E-state index contributed by atoms with van der Waals surface area (Å²) in [5.41, 5.74) is 1.25. The van der Waals surface area contributed by atoms with Gasteiger partial charge < -0.3 is 14.8 Å². The highest BCUT2D eigenvalue weighted by molar-refractivity contribution is 6.00. The highest BCUT2D eigenvalue weighted by Crippen LogP contribution is 2.25. The second-order valence-corrected chi connectivity index (χ2v) is 6.77. The number of carbonyl (C=O) groups is 1. The molecule has 0 saturated heterocycles. The number of amides is 1. The van der Waals surface area contributed by atoms with E-state index in [0.29, 0.717) is 17.0 Å². The van der Waals surface area contributed by atoms with Crippen molar-refractivity contribution in [2.45, 2.75) is 19.4 Å². The zero-order valence-electron chi connectivity index (χ0n) is 15.3. The lowest BCUT2D eigenvalue weighted by Crippen LogP contribution is -2.42. The summed E-state index contributed by atoms with van der Waals surface area (Å²) in [5, 5.41) is 11.9. The van der Waals surface area contributed by atoms with Crippen LogP contribution in [0.5, 0.6) is 0 Å². The zero-order valence-corrected chi connectivity index (χ0v) is 15.3. The Morgan fingerprint density at radius 3 is 2.56 bits per heavy atom. The normalized spacial score (nSPS) is 11.8. The van der Waals surface area contributed by atoms with Gasteiger partial charge in [0.25, 0.3) is 5.91 Å². The van der Waals surface area contributed by atoms with Crippen molar-refractivity contribution in [1.29, 1.82) is 0 Å².